The number of hydrogen-bond donors (Lipinski definition) is 1. The van der Waals surface area contributed by atoms with Crippen LogP contribution in [0.1, 0.15) is 15.2 Å². The lowest BCUT2D eigenvalue weighted by Gasteiger charge is -2.02. The van der Waals surface area contributed by atoms with Gasteiger partial charge in [0, 0.05) is 27.1 Å². The third-order valence-electron chi connectivity index (χ3n) is 1.97. The van der Waals surface area contributed by atoms with Gasteiger partial charge in [0.1, 0.15) is 0 Å². The van der Waals surface area contributed by atoms with Crippen molar-refractivity contribution in [3.8, 4) is 0 Å². The lowest BCUT2D eigenvalue weighted by atomic mass is 10.3. The van der Waals surface area contributed by atoms with E-state index in [2.05, 4.69) is 26.2 Å². The molecule has 1 N–H and O–H groups in total. The zero-order chi connectivity index (χ0) is 11.4. The van der Waals surface area contributed by atoms with E-state index in [-0.39, 0.29) is 5.91 Å². The Morgan fingerprint density at radius 1 is 1.56 bits per heavy atom. The molecule has 0 aliphatic rings. The zero-order valence-electron chi connectivity index (χ0n) is 8.31. The van der Waals surface area contributed by atoms with Crippen molar-refractivity contribution < 1.29 is 4.79 Å². The molecular weight excluding hydrogens is 288 g/mol. The maximum absolute atomic E-state index is 11.7. The third kappa shape index (κ3) is 2.90. The lowest BCUT2D eigenvalue weighted by Crippen LogP contribution is -2.22. The van der Waals surface area contributed by atoms with Crippen molar-refractivity contribution in [3.05, 3.63) is 50.9 Å². The molecule has 5 heteroatoms. The molecule has 3 nitrogen and oxygen atoms in total. The summed E-state index contributed by atoms with van der Waals surface area (Å²) in [6.45, 7) is 0.546. The Morgan fingerprint density at radius 2 is 2.44 bits per heavy atom. The van der Waals surface area contributed by atoms with E-state index in [0.29, 0.717) is 12.1 Å². The van der Waals surface area contributed by atoms with E-state index >= 15 is 0 Å². The molecule has 16 heavy (non-hydrogen) atoms. The van der Waals surface area contributed by atoms with Gasteiger partial charge in [-0.15, -0.1) is 11.3 Å². The van der Waals surface area contributed by atoms with Crippen LogP contribution in [-0.4, -0.2) is 10.9 Å². The van der Waals surface area contributed by atoms with Gasteiger partial charge >= 0.3 is 0 Å². The Hall–Kier alpha value is -1.20. The Balaban J connectivity index is 1.94. The summed E-state index contributed by atoms with van der Waals surface area (Å²) in [6.07, 6.45) is 3.20. The van der Waals surface area contributed by atoms with Gasteiger partial charge in [0.25, 0.3) is 5.91 Å². The lowest BCUT2D eigenvalue weighted by molar-refractivity contribution is 0.0951. The molecule has 0 saturated heterocycles. The fraction of sp³-hybridized carbons (Fsp3) is 0.0909. The van der Waals surface area contributed by atoms with E-state index in [1.165, 1.54) is 0 Å². The van der Waals surface area contributed by atoms with Crippen molar-refractivity contribution in [2.75, 3.05) is 0 Å². The second kappa shape index (κ2) is 5.23. The van der Waals surface area contributed by atoms with Crippen molar-refractivity contribution in [2.24, 2.45) is 0 Å². The number of aromatic nitrogens is 1. The van der Waals surface area contributed by atoms with Gasteiger partial charge < -0.3 is 5.32 Å². The molecule has 0 aliphatic heterocycles. The fourth-order valence-corrected chi connectivity index (χ4v) is 2.60. The molecule has 0 bridgehead atoms. The summed E-state index contributed by atoms with van der Waals surface area (Å²) < 4.78 is 1.04. The van der Waals surface area contributed by atoms with Gasteiger partial charge in [0.05, 0.1) is 12.1 Å². The first-order chi connectivity index (χ1) is 7.75. The van der Waals surface area contributed by atoms with E-state index in [1.54, 1.807) is 35.9 Å². The minimum atomic E-state index is -0.0994. The molecule has 2 heterocycles. The van der Waals surface area contributed by atoms with Crippen LogP contribution >= 0.6 is 27.3 Å². The summed E-state index contributed by atoms with van der Waals surface area (Å²) in [5.74, 6) is -0.0994. The van der Waals surface area contributed by atoms with Gasteiger partial charge in [-0.05, 0) is 34.1 Å². The van der Waals surface area contributed by atoms with Gasteiger partial charge in [-0.2, -0.15) is 0 Å². The number of amides is 1. The number of carbonyl (C=O) groups is 1. The molecule has 0 fully saturated rings. The SMILES string of the molecule is O=C(NCc1cc(Br)cs1)c1cccnc1. The fourth-order valence-electron chi connectivity index (χ4n) is 1.21. The van der Waals surface area contributed by atoms with Gasteiger partial charge in [-0.25, -0.2) is 0 Å². The average Bonchev–Trinajstić information content (AvgIpc) is 2.73. The maximum atomic E-state index is 11.7. The smallest absolute Gasteiger partial charge is 0.253 e. The predicted octanol–water partition coefficient (Wildman–Crippen LogP) is 2.84. The molecule has 1 amide bonds. The summed E-state index contributed by atoms with van der Waals surface area (Å²) >= 11 is 4.98. The number of halogens is 1. The van der Waals surface area contributed by atoms with Crippen LogP contribution in [0.25, 0.3) is 0 Å². The van der Waals surface area contributed by atoms with Crippen LogP contribution in [0, 0.1) is 0 Å². The molecule has 0 aliphatic carbocycles. The Labute approximate surface area is 106 Å². The number of carbonyl (C=O) groups excluding carboxylic acids is 1. The third-order valence-corrected chi connectivity index (χ3v) is 3.67. The second-order valence-electron chi connectivity index (χ2n) is 3.16. The molecule has 0 aromatic carbocycles. The van der Waals surface area contributed by atoms with E-state index in [1.807, 2.05) is 11.4 Å². The summed E-state index contributed by atoms with van der Waals surface area (Å²) in [7, 11) is 0. The number of nitrogens with one attached hydrogen (secondary N) is 1. The minimum Gasteiger partial charge on any atom is -0.347 e. The van der Waals surface area contributed by atoms with Crippen molar-refractivity contribution in [1.29, 1.82) is 0 Å². The van der Waals surface area contributed by atoms with Gasteiger partial charge in [-0.1, -0.05) is 0 Å². The highest BCUT2D eigenvalue weighted by Crippen LogP contribution is 2.19. The highest BCUT2D eigenvalue weighted by atomic mass is 79.9. The molecule has 2 aromatic heterocycles. The molecule has 82 valence electrons. The summed E-state index contributed by atoms with van der Waals surface area (Å²) in [5, 5.41) is 4.83. The van der Waals surface area contributed by atoms with Crippen LogP contribution < -0.4 is 5.32 Å². The average molecular weight is 297 g/mol. The number of nitrogens with zero attached hydrogens (tertiary/aromatic N) is 1. The van der Waals surface area contributed by atoms with E-state index < -0.39 is 0 Å². The highest BCUT2D eigenvalue weighted by Gasteiger charge is 2.05. The van der Waals surface area contributed by atoms with Crippen molar-refractivity contribution in [2.45, 2.75) is 6.54 Å². The summed E-state index contributed by atoms with van der Waals surface area (Å²) in [6, 6.07) is 5.48. The molecule has 2 rings (SSSR count). The second-order valence-corrected chi connectivity index (χ2v) is 5.07. The van der Waals surface area contributed by atoms with Crippen LogP contribution in [-0.2, 0) is 6.54 Å². The summed E-state index contributed by atoms with van der Waals surface area (Å²) in [4.78, 5) is 16.7. The largest absolute Gasteiger partial charge is 0.347 e. The number of rotatable bonds is 3. The van der Waals surface area contributed by atoms with E-state index in [0.717, 1.165) is 9.35 Å². The molecule has 0 saturated carbocycles. The quantitative estimate of drug-likeness (QED) is 0.946. The Kier molecular flexibility index (Phi) is 3.69. The minimum absolute atomic E-state index is 0.0994. The first kappa shape index (κ1) is 11.3. The van der Waals surface area contributed by atoms with Crippen LogP contribution in [0.3, 0.4) is 0 Å². The number of pyridine rings is 1. The molecule has 0 atom stereocenters. The van der Waals surface area contributed by atoms with Crippen LogP contribution in [0.15, 0.2) is 40.4 Å². The van der Waals surface area contributed by atoms with Gasteiger partial charge in [0.2, 0.25) is 0 Å². The van der Waals surface area contributed by atoms with Crippen molar-refractivity contribution in [1.82, 2.24) is 10.3 Å². The first-order valence-electron chi connectivity index (χ1n) is 4.67. The predicted molar refractivity (Wildman–Crippen MR) is 67.4 cm³/mol. The monoisotopic (exact) mass is 296 g/mol. The zero-order valence-corrected chi connectivity index (χ0v) is 10.7. The standard InChI is InChI=1S/C11H9BrN2OS/c12-9-4-10(16-7-9)6-14-11(15)8-2-1-3-13-5-8/h1-5,7H,6H2,(H,14,15). The Bertz CT molecular complexity index is 484. The molecule has 0 radical (unpaired) electrons. The highest BCUT2D eigenvalue weighted by molar-refractivity contribution is 9.10. The molecule has 0 unspecified atom stereocenters. The topological polar surface area (TPSA) is 42.0 Å². The normalized spacial score (nSPS) is 10.1. The van der Waals surface area contributed by atoms with Gasteiger partial charge in [-0.3, -0.25) is 9.78 Å². The molecular formula is C11H9BrN2OS. The number of hydrogen-bond acceptors (Lipinski definition) is 3. The van der Waals surface area contributed by atoms with Crippen LogP contribution in [0.4, 0.5) is 0 Å². The summed E-state index contributed by atoms with van der Waals surface area (Å²) in [5.41, 5.74) is 0.582. The molecule has 2 aromatic rings. The van der Waals surface area contributed by atoms with Crippen molar-refractivity contribution in [3.63, 3.8) is 0 Å². The Morgan fingerprint density at radius 3 is 3.06 bits per heavy atom. The van der Waals surface area contributed by atoms with Crippen LogP contribution in [0.2, 0.25) is 0 Å². The molecule has 0 spiro atoms. The van der Waals surface area contributed by atoms with Crippen molar-refractivity contribution >= 4 is 33.2 Å². The maximum Gasteiger partial charge on any atom is 0.253 e. The van der Waals surface area contributed by atoms with Crippen LogP contribution in [0.5, 0.6) is 0 Å². The first-order valence-corrected chi connectivity index (χ1v) is 6.34. The van der Waals surface area contributed by atoms with Gasteiger partial charge in [0.15, 0.2) is 0 Å². The number of thiophene rings is 1. The van der Waals surface area contributed by atoms with E-state index in [4.69, 9.17) is 0 Å². The van der Waals surface area contributed by atoms with E-state index in [9.17, 15) is 4.79 Å².